The molecule has 6 rings (SSSR count). The Balaban J connectivity index is 1.54. The highest BCUT2D eigenvalue weighted by atomic mass is 35.5. The van der Waals surface area contributed by atoms with Crippen molar-refractivity contribution in [2.75, 3.05) is 50.5 Å². The minimum absolute atomic E-state index is 0.00607. The van der Waals surface area contributed by atoms with Crippen molar-refractivity contribution < 1.29 is 13.5 Å². The van der Waals surface area contributed by atoms with Crippen LogP contribution in [-0.2, 0) is 0 Å². The number of nitrogens with zero attached hydrogens (tertiary/aromatic N) is 5. The monoisotopic (exact) mass is 553 g/mol. The third kappa shape index (κ3) is 4.60. The third-order valence-electron chi connectivity index (χ3n) is 7.80. The fraction of sp³-hybridized carbons (Fsp3) is 0.393. The number of aromatic nitrogens is 3. The summed E-state index contributed by atoms with van der Waals surface area (Å²) in [4.78, 5) is 17.9. The van der Waals surface area contributed by atoms with E-state index < -0.39 is 11.6 Å². The molecule has 2 saturated heterocycles. The van der Waals surface area contributed by atoms with Gasteiger partial charge in [-0.2, -0.15) is 9.97 Å². The second kappa shape index (κ2) is 10.3. The van der Waals surface area contributed by atoms with Crippen molar-refractivity contribution in [3.63, 3.8) is 0 Å². The number of piperazine rings is 1. The number of ether oxygens (including phenoxy) is 1. The zero-order valence-corrected chi connectivity index (χ0v) is 22.6. The molecule has 2 fully saturated rings. The summed E-state index contributed by atoms with van der Waals surface area (Å²) in [5.74, 6) is -1.11. The van der Waals surface area contributed by atoms with Crippen LogP contribution in [0.4, 0.5) is 20.4 Å². The molecule has 0 bridgehead atoms. The number of nitrogens with two attached hydrogens (primary N) is 1. The van der Waals surface area contributed by atoms with Crippen LogP contribution in [0.5, 0.6) is 6.01 Å². The van der Waals surface area contributed by atoms with Crippen LogP contribution in [0.1, 0.15) is 19.8 Å². The van der Waals surface area contributed by atoms with Gasteiger partial charge in [0.05, 0.1) is 16.3 Å². The van der Waals surface area contributed by atoms with Crippen molar-refractivity contribution in [1.29, 1.82) is 0 Å². The number of likely N-dealkylation sites (tertiary alicyclic amines) is 1. The predicted octanol–water partition coefficient (Wildman–Crippen LogP) is 4.63. The van der Waals surface area contributed by atoms with Crippen LogP contribution in [0.2, 0.25) is 5.02 Å². The van der Waals surface area contributed by atoms with E-state index in [-0.39, 0.29) is 51.1 Å². The number of fused-ring (bicyclic) bond motifs is 2. The molecule has 0 aliphatic carbocycles. The number of benzene rings is 2. The summed E-state index contributed by atoms with van der Waals surface area (Å²) >= 11 is 6.75. The number of nitrogen functional groups attached to an aromatic ring is 1. The Labute approximate surface area is 230 Å². The van der Waals surface area contributed by atoms with Gasteiger partial charge in [-0.05, 0) is 39.4 Å². The van der Waals surface area contributed by atoms with Crippen molar-refractivity contribution in [2.45, 2.75) is 31.8 Å². The minimum atomic E-state index is -0.685. The van der Waals surface area contributed by atoms with E-state index in [0.29, 0.717) is 29.7 Å². The van der Waals surface area contributed by atoms with Gasteiger partial charge < -0.3 is 25.6 Å². The lowest BCUT2D eigenvalue weighted by Gasteiger charge is -2.35. The number of rotatable bonds is 5. The molecule has 8 nitrogen and oxygen atoms in total. The summed E-state index contributed by atoms with van der Waals surface area (Å²) in [6.07, 6.45) is 2.12. The van der Waals surface area contributed by atoms with Gasteiger partial charge in [-0.15, -0.1) is 0 Å². The molecule has 2 aromatic carbocycles. The molecule has 2 aliphatic heterocycles. The number of pyridine rings is 1. The van der Waals surface area contributed by atoms with Crippen LogP contribution in [-0.4, -0.2) is 71.8 Å². The Morgan fingerprint density at radius 1 is 1.10 bits per heavy atom. The van der Waals surface area contributed by atoms with Crippen LogP contribution < -0.4 is 20.7 Å². The lowest BCUT2D eigenvalue weighted by molar-refractivity contribution is 0.188. The van der Waals surface area contributed by atoms with Crippen LogP contribution >= 0.6 is 11.6 Å². The Bertz CT molecular complexity index is 1570. The zero-order chi connectivity index (χ0) is 27.3. The highest BCUT2D eigenvalue weighted by Gasteiger charge is 2.28. The SMILES string of the molecule is CC1CNCCN1c1nc(OCC2CCCN2C)nc2c(F)c(-c3nc(N)c(F)c4ccccc34)c(Cl)cc12. The highest BCUT2D eigenvalue weighted by Crippen LogP contribution is 2.41. The van der Waals surface area contributed by atoms with Crippen LogP contribution in [0, 0.1) is 11.6 Å². The minimum Gasteiger partial charge on any atom is -0.462 e. The molecule has 4 heterocycles. The van der Waals surface area contributed by atoms with E-state index in [2.05, 4.69) is 39.1 Å². The van der Waals surface area contributed by atoms with Crippen LogP contribution in [0.3, 0.4) is 0 Å². The van der Waals surface area contributed by atoms with Crippen LogP contribution in [0.25, 0.3) is 32.9 Å². The maximum absolute atomic E-state index is 16.6. The molecule has 4 aromatic rings. The summed E-state index contributed by atoms with van der Waals surface area (Å²) in [5, 5.41) is 4.59. The summed E-state index contributed by atoms with van der Waals surface area (Å²) in [6.45, 7) is 5.69. The number of likely N-dealkylation sites (N-methyl/N-ethyl adjacent to an activating group) is 1. The van der Waals surface area contributed by atoms with Gasteiger partial charge in [-0.3, -0.25) is 0 Å². The fourth-order valence-corrected chi connectivity index (χ4v) is 5.90. The van der Waals surface area contributed by atoms with E-state index in [1.54, 1.807) is 30.3 Å². The van der Waals surface area contributed by atoms with Crippen molar-refractivity contribution in [3.8, 4) is 17.3 Å². The summed E-state index contributed by atoms with van der Waals surface area (Å²) in [6, 6.07) is 8.78. The average molecular weight is 554 g/mol. The maximum Gasteiger partial charge on any atom is 0.319 e. The zero-order valence-electron chi connectivity index (χ0n) is 21.8. The third-order valence-corrected chi connectivity index (χ3v) is 8.10. The van der Waals surface area contributed by atoms with E-state index >= 15 is 4.39 Å². The first-order chi connectivity index (χ1) is 18.8. The van der Waals surface area contributed by atoms with Gasteiger partial charge >= 0.3 is 6.01 Å². The fourth-order valence-electron chi connectivity index (χ4n) is 5.62. The molecule has 3 N–H and O–H groups in total. The van der Waals surface area contributed by atoms with Crippen molar-refractivity contribution in [2.24, 2.45) is 0 Å². The lowest BCUT2D eigenvalue weighted by Crippen LogP contribution is -2.50. The number of anilines is 2. The molecular weight excluding hydrogens is 524 g/mol. The van der Waals surface area contributed by atoms with Crippen molar-refractivity contribution in [1.82, 2.24) is 25.2 Å². The summed E-state index contributed by atoms with van der Waals surface area (Å²) in [5.41, 5.74) is 6.12. The van der Waals surface area contributed by atoms with Crippen LogP contribution in [0.15, 0.2) is 30.3 Å². The summed E-state index contributed by atoms with van der Waals surface area (Å²) < 4.78 is 37.4. The molecule has 0 radical (unpaired) electrons. The molecule has 39 heavy (non-hydrogen) atoms. The first kappa shape index (κ1) is 25.9. The standard InChI is InChI=1S/C28H30ClF2N7O/c1-15-13-33-9-11-38(15)27-19-12-20(29)21(24-18-8-4-3-7-17(18)22(30)26(32)34-24)23(31)25(19)35-28(36-27)39-14-16-6-5-10-37(16)2/h3-4,7-8,12,15-16,33H,5-6,9-11,13-14H2,1-2H3,(H2,32,34). The van der Waals surface area contributed by atoms with E-state index in [4.69, 9.17) is 27.1 Å². The first-order valence-electron chi connectivity index (χ1n) is 13.2. The van der Waals surface area contributed by atoms with E-state index in [1.165, 1.54) is 0 Å². The van der Waals surface area contributed by atoms with E-state index in [1.807, 2.05) is 0 Å². The molecular formula is C28H30ClF2N7O. The molecule has 2 aromatic heterocycles. The van der Waals surface area contributed by atoms with Gasteiger partial charge in [0.2, 0.25) is 0 Å². The van der Waals surface area contributed by atoms with Gasteiger partial charge in [0, 0.05) is 47.9 Å². The molecule has 204 valence electrons. The van der Waals surface area contributed by atoms with E-state index in [9.17, 15) is 4.39 Å². The number of halogens is 3. The molecule has 0 saturated carbocycles. The Morgan fingerprint density at radius 3 is 2.64 bits per heavy atom. The smallest absolute Gasteiger partial charge is 0.319 e. The van der Waals surface area contributed by atoms with E-state index in [0.717, 1.165) is 32.5 Å². The molecule has 0 amide bonds. The van der Waals surface area contributed by atoms with Crippen molar-refractivity contribution in [3.05, 3.63) is 47.0 Å². The first-order valence-corrected chi connectivity index (χ1v) is 13.6. The highest BCUT2D eigenvalue weighted by molar-refractivity contribution is 6.34. The Morgan fingerprint density at radius 2 is 1.90 bits per heavy atom. The Hall–Kier alpha value is -3.34. The predicted molar refractivity (Wildman–Crippen MR) is 150 cm³/mol. The maximum atomic E-state index is 16.6. The second-order valence-electron chi connectivity index (χ2n) is 10.3. The quantitative estimate of drug-likeness (QED) is 0.370. The van der Waals surface area contributed by atoms with Gasteiger partial charge in [0.1, 0.15) is 17.9 Å². The van der Waals surface area contributed by atoms with Gasteiger partial charge in [-0.1, -0.05) is 35.9 Å². The molecule has 2 atom stereocenters. The number of hydrogen-bond donors (Lipinski definition) is 2. The summed E-state index contributed by atoms with van der Waals surface area (Å²) in [7, 11) is 2.07. The topological polar surface area (TPSA) is 92.4 Å². The molecule has 2 aliphatic rings. The molecule has 11 heteroatoms. The van der Waals surface area contributed by atoms with Gasteiger partial charge in [0.15, 0.2) is 17.5 Å². The Kier molecular flexibility index (Phi) is 6.86. The van der Waals surface area contributed by atoms with Gasteiger partial charge in [-0.25, -0.2) is 13.8 Å². The average Bonchev–Trinajstić information content (AvgIpc) is 3.35. The lowest BCUT2D eigenvalue weighted by atomic mass is 10.0. The normalized spacial score (nSPS) is 20.3. The van der Waals surface area contributed by atoms with Gasteiger partial charge in [0.25, 0.3) is 0 Å². The number of nitrogens with one attached hydrogen (secondary N) is 1. The second-order valence-corrected chi connectivity index (χ2v) is 10.7. The largest absolute Gasteiger partial charge is 0.462 e. The number of hydrogen-bond acceptors (Lipinski definition) is 8. The molecule has 2 unspecified atom stereocenters. The molecule has 0 spiro atoms. The van der Waals surface area contributed by atoms with Crippen molar-refractivity contribution >= 4 is 44.9 Å².